The van der Waals surface area contributed by atoms with Crippen molar-refractivity contribution in [2.45, 2.75) is 26.3 Å². The molecule has 0 aliphatic carbocycles. The summed E-state index contributed by atoms with van der Waals surface area (Å²) in [6.07, 6.45) is 2.04. The molecule has 0 radical (unpaired) electrons. The first kappa shape index (κ1) is 19.8. The molecule has 0 unspecified atom stereocenters. The second kappa shape index (κ2) is 10.5. The molecule has 1 amide bonds. The summed E-state index contributed by atoms with van der Waals surface area (Å²) < 4.78 is 10.6. The fourth-order valence-electron chi connectivity index (χ4n) is 2.09. The van der Waals surface area contributed by atoms with Gasteiger partial charge in [-0.1, -0.05) is 37.1 Å². The van der Waals surface area contributed by atoms with E-state index < -0.39 is 5.97 Å². The van der Waals surface area contributed by atoms with E-state index in [1.54, 1.807) is 36.4 Å². The number of carbonyl (C=O) groups excluding carboxylic acids is 2. The Bertz CT molecular complexity index is 714. The zero-order chi connectivity index (χ0) is 18.8. The van der Waals surface area contributed by atoms with E-state index in [-0.39, 0.29) is 12.5 Å². The predicted molar refractivity (Wildman–Crippen MR) is 100 cm³/mol. The highest BCUT2D eigenvalue weighted by Gasteiger charge is 2.10. The lowest BCUT2D eigenvalue weighted by Gasteiger charge is -2.08. The molecule has 138 valence electrons. The maximum atomic E-state index is 12.0. The van der Waals surface area contributed by atoms with Crippen molar-refractivity contribution in [1.82, 2.24) is 5.32 Å². The number of hydrogen-bond acceptors (Lipinski definition) is 4. The predicted octanol–water partition coefficient (Wildman–Crippen LogP) is 3.99. The summed E-state index contributed by atoms with van der Waals surface area (Å²) in [5, 5.41) is 3.32. The second-order valence-electron chi connectivity index (χ2n) is 5.71. The molecule has 0 aliphatic rings. The van der Waals surface area contributed by atoms with Gasteiger partial charge in [-0.15, -0.1) is 0 Å². The van der Waals surface area contributed by atoms with Crippen molar-refractivity contribution in [2.75, 3.05) is 13.2 Å². The highest BCUT2D eigenvalue weighted by atomic mass is 35.5. The van der Waals surface area contributed by atoms with Gasteiger partial charge < -0.3 is 14.8 Å². The molecule has 6 heteroatoms. The molecule has 26 heavy (non-hydrogen) atoms. The Kier molecular flexibility index (Phi) is 7.96. The van der Waals surface area contributed by atoms with E-state index in [1.807, 2.05) is 12.1 Å². The third-order valence-electron chi connectivity index (χ3n) is 3.59. The van der Waals surface area contributed by atoms with E-state index in [9.17, 15) is 9.59 Å². The molecular weight excluding hydrogens is 354 g/mol. The van der Waals surface area contributed by atoms with Gasteiger partial charge in [-0.3, -0.25) is 4.79 Å². The van der Waals surface area contributed by atoms with Crippen LogP contribution in [0.2, 0.25) is 5.02 Å². The number of esters is 1. The van der Waals surface area contributed by atoms with Crippen LogP contribution in [-0.2, 0) is 16.1 Å². The number of halogens is 1. The minimum Gasteiger partial charge on any atom is -0.494 e. The lowest BCUT2D eigenvalue weighted by molar-refractivity contribution is -0.124. The van der Waals surface area contributed by atoms with Crippen LogP contribution in [0.25, 0.3) is 0 Å². The fraction of sp³-hybridized carbons (Fsp3) is 0.300. The van der Waals surface area contributed by atoms with Crippen molar-refractivity contribution in [3.8, 4) is 5.75 Å². The van der Waals surface area contributed by atoms with Gasteiger partial charge in [0.05, 0.1) is 12.2 Å². The standard InChI is InChI=1S/C20H22ClNO4/c1-2-3-12-25-18-10-6-16(7-11-18)20(24)26-14-19(23)22-13-15-4-8-17(21)9-5-15/h4-11H,2-3,12-14H2,1H3,(H,22,23). The number of ether oxygens (including phenoxy) is 2. The monoisotopic (exact) mass is 375 g/mol. The third-order valence-corrected chi connectivity index (χ3v) is 3.85. The molecule has 0 heterocycles. The van der Waals surface area contributed by atoms with Crippen LogP contribution in [0.3, 0.4) is 0 Å². The zero-order valence-corrected chi connectivity index (χ0v) is 15.4. The minimum absolute atomic E-state index is 0.332. The molecule has 5 nitrogen and oxygen atoms in total. The summed E-state index contributed by atoms with van der Waals surface area (Å²) in [4.78, 5) is 23.8. The topological polar surface area (TPSA) is 64.6 Å². The fourth-order valence-corrected chi connectivity index (χ4v) is 2.22. The van der Waals surface area contributed by atoms with Crippen LogP contribution in [0.4, 0.5) is 0 Å². The van der Waals surface area contributed by atoms with Crippen LogP contribution >= 0.6 is 11.6 Å². The summed E-state index contributed by atoms with van der Waals surface area (Å²) in [6.45, 7) is 2.75. The highest BCUT2D eigenvalue weighted by Crippen LogP contribution is 2.13. The van der Waals surface area contributed by atoms with E-state index in [0.29, 0.717) is 29.5 Å². The van der Waals surface area contributed by atoms with Crippen LogP contribution < -0.4 is 10.1 Å². The first-order chi connectivity index (χ1) is 12.6. The SMILES string of the molecule is CCCCOc1ccc(C(=O)OCC(=O)NCc2ccc(Cl)cc2)cc1. The van der Waals surface area contributed by atoms with Gasteiger partial charge in [0.1, 0.15) is 5.75 Å². The molecule has 0 saturated carbocycles. The quantitative estimate of drug-likeness (QED) is 0.531. The van der Waals surface area contributed by atoms with Gasteiger partial charge >= 0.3 is 5.97 Å². The van der Waals surface area contributed by atoms with Gasteiger partial charge in [0.25, 0.3) is 5.91 Å². The van der Waals surface area contributed by atoms with Gasteiger partial charge in [0, 0.05) is 11.6 Å². The average molecular weight is 376 g/mol. The summed E-state index contributed by atoms with van der Waals surface area (Å²) in [5.74, 6) is -0.213. The Morgan fingerprint density at radius 3 is 2.38 bits per heavy atom. The minimum atomic E-state index is -0.549. The van der Waals surface area contributed by atoms with E-state index in [2.05, 4.69) is 12.2 Å². The number of nitrogens with one attached hydrogen (secondary N) is 1. The maximum Gasteiger partial charge on any atom is 0.338 e. The van der Waals surface area contributed by atoms with Gasteiger partial charge in [0.15, 0.2) is 6.61 Å². The van der Waals surface area contributed by atoms with Crippen LogP contribution in [0.15, 0.2) is 48.5 Å². The van der Waals surface area contributed by atoms with Crippen molar-refractivity contribution in [1.29, 1.82) is 0 Å². The molecule has 0 bridgehead atoms. The van der Waals surface area contributed by atoms with Crippen LogP contribution in [-0.4, -0.2) is 25.1 Å². The van der Waals surface area contributed by atoms with Gasteiger partial charge in [0.2, 0.25) is 0 Å². The molecular formula is C20H22ClNO4. The molecule has 0 atom stereocenters. The van der Waals surface area contributed by atoms with Crippen LogP contribution in [0, 0.1) is 0 Å². The maximum absolute atomic E-state index is 12.0. The largest absolute Gasteiger partial charge is 0.494 e. The number of unbranched alkanes of at least 4 members (excludes halogenated alkanes) is 1. The number of carbonyl (C=O) groups is 2. The van der Waals surface area contributed by atoms with E-state index >= 15 is 0 Å². The van der Waals surface area contributed by atoms with Crippen LogP contribution in [0.5, 0.6) is 5.75 Å². The van der Waals surface area contributed by atoms with Gasteiger partial charge in [-0.05, 0) is 48.4 Å². The van der Waals surface area contributed by atoms with E-state index in [0.717, 1.165) is 18.4 Å². The summed E-state index contributed by atoms with van der Waals surface area (Å²) in [6, 6.07) is 13.8. The Morgan fingerprint density at radius 1 is 1.04 bits per heavy atom. The molecule has 1 N–H and O–H groups in total. The lowest BCUT2D eigenvalue weighted by Crippen LogP contribution is -2.28. The molecule has 0 saturated heterocycles. The molecule has 0 spiro atoms. The number of amides is 1. The molecule has 2 aromatic rings. The molecule has 0 fully saturated rings. The van der Waals surface area contributed by atoms with Gasteiger partial charge in [-0.25, -0.2) is 4.79 Å². The smallest absolute Gasteiger partial charge is 0.338 e. The normalized spacial score (nSPS) is 10.2. The third kappa shape index (κ3) is 6.76. The van der Waals surface area contributed by atoms with E-state index in [1.165, 1.54) is 0 Å². The zero-order valence-electron chi connectivity index (χ0n) is 14.7. The van der Waals surface area contributed by atoms with Crippen molar-refractivity contribution in [3.05, 3.63) is 64.7 Å². The Hall–Kier alpha value is -2.53. The number of benzene rings is 2. The number of rotatable bonds is 9. The Labute approximate surface area is 158 Å². The Balaban J connectivity index is 1.73. The molecule has 0 aromatic heterocycles. The molecule has 2 rings (SSSR count). The summed E-state index contributed by atoms with van der Waals surface area (Å²) in [5.41, 5.74) is 1.28. The number of hydrogen-bond donors (Lipinski definition) is 1. The van der Waals surface area contributed by atoms with E-state index in [4.69, 9.17) is 21.1 Å². The van der Waals surface area contributed by atoms with Gasteiger partial charge in [-0.2, -0.15) is 0 Å². The Morgan fingerprint density at radius 2 is 1.73 bits per heavy atom. The van der Waals surface area contributed by atoms with Crippen molar-refractivity contribution in [3.63, 3.8) is 0 Å². The van der Waals surface area contributed by atoms with Crippen molar-refractivity contribution >= 4 is 23.5 Å². The highest BCUT2D eigenvalue weighted by molar-refractivity contribution is 6.30. The second-order valence-corrected chi connectivity index (χ2v) is 6.14. The lowest BCUT2D eigenvalue weighted by atomic mass is 10.2. The summed E-state index contributed by atoms with van der Waals surface area (Å²) in [7, 11) is 0. The van der Waals surface area contributed by atoms with Crippen LogP contribution in [0.1, 0.15) is 35.7 Å². The van der Waals surface area contributed by atoms with Crippen molar-refractivity contribution in [2.24, 2.45) is 0 Å². The average Bonchev–Trinajstić information content (AvgIpc) is 2.66. The summed E-state index contributed by atoms with van der Waals surface area (Å²) >= 11 is 5.81. The first-order valence-electron chi connectivity index (χ1n) is 8.49. The first-order valence-corrected chi connectivity index (χ1v) is 8.87. The van der Waals surface area contributed by atoms with Crippen molar-refractivity contribution < 1.29 is 19.1 Å². The molecule has 2 aromatic carbocycles. The molecule has 0 aliphatic heterocycles.